The highest BCUT2D eigenvalue weighted by molar-refractivity contribution is 5.77. The molecule has 3 heteroatoms. The fourth-order valence-electron chi connectivity index (χ4n) is 1.01. The Kier molecular flexibility index (Phi) is 4.72. The normalized spacial score (nSPS) is 9.79. The van der Waals surface area contributed by atoms with E-state index in [2.05, 4.69) is 12.2 Å². The van der Waals surface area contributed by atoms with Crippen molar-refractivity contribution in [2.45, 2.75) is 6.54 Å². The molecule has 1 amide bonds. The van der Waals surface area contributed by atoms with Crippen LogP contribution in [0.3, 0.4) is 0 Å². The minimum absolute atomic E-state index is 0.0797. The molecule has 75 valence electrons. The number of hydrogen-bond donors (Lipinski definition) is 1. The second-order valence-corrected chi connectivity index (χ2v) is 2.81. The first-order valence-electron chi connectivity index (χ1n) is 4.50. The van der Waals surface area contributed by atoms with Crippen molar-refractivity contribution in [2.24, 2.45) is 0 Å². The molecule has 3 nitrogen and oxygen atoms in total. The van der Waals surface area contributed by atoms with Crippen LogP contribution in [0.5, 0.6) is 0 Å². The van der Waals surface area contributed by atoms with Gasteiger partial charge in [-0.15, -0.1) is 0 Å². The van der Waals surface area contributed by atoms with Gasteiger partial charge in [0, 0.05) is 13.2 Å². The summed E-state index contributed by atoms with van der Waals surface area (Å²) in [4.78, 5) is 11.1. The van der Waals surface area contributed by atoms with Gasteiger partial charge < -0.3 is 10.1 Å². The quantitative estimate of drug-likeness (QED) is 0.760. The van der Waals surface area contributed by atoms with Crippen molar-refractivity contribution >= 4 is 5.91 Å². The maximum atomic E-state index is 11.1. The smallest absolute Gasteiger partial charge is 0.246 e. The molecule has 0 fully saturated rings. The SMILES string of the molecule is [CH2]COCC(=O)NCc1ccccc1. The Morgan fingerprint density at radius 1 is 1.36 bits per heavy atom. The molecule has 1 radical (unpaired) electrons. The predicted octanol–water partition coefficient (Wildman–Crippen LogP) is 1.15. The van der Waals surface area contributed by atoms with Gasteiger partial charge in [0.2, 0.25) is 5.91 Å². The van der Waals surface area contributed by atoms with E-state index in [0.29, 0.717) is 13.2 Å². The second-order valence-electron chi connectivity index (χ2n) is 2.81. The van der Waals surface area contributed by atoms with Crippen molar-refractivity contribution in [3.63, 3.8) is 0 Å². The van der Waals surface area contributed by atoms with Gasteiger partial charge in [-0.1, -0.05) is 30.3 Å². The van der Waals surface area contributed by atoms with Crippen LogP contribution in [0, 0.1) is 6.92 Å². The third-order valence-corrected chi connectivity index (χ3v) is 1.71. The van der Waals surface area contributed by atoms with Crippen LogP contribution in [-0.2, 0) is 16.1 Å². The van der Waals surface area contributed by atoms with E-state index < -0.39 is 0 Å². The minimum Gasteiger partial charge on any atom is -0.372 e. The van der Waals surface area contributed by atoms with E-state index in [4.69, 9.17) is 4.74 Å². The molecule has 0 aliphatic heterocycles. The molecule has 1 aromatic rings. The molecular weight excluding hydrogens is 178 g/mol. The third kappa shape index (κ3) is 4.05. The number of hydrogen-bond acceptors (Lipinski definition) is 2. The molecule has 0 atom stereocenters. The average molecular weight is 192 g/mol. The van der Waals surface area contributed by atoms with Crippen LogP contribution in [0.1, 0.15) is 5.56 Å². The van der Waals surface area contributed by atoms with Crippen LogP contribution in [0.15, 0.2) is 30.3 Å². The molecule has 0 saturated heterocycles. The molecule has 0 bridgehead atoms. The van der Waals surface area contributed by atoms with E-state index in [9.17, 15) is 4.79 Å². The lowest BCUT2D eigenvalue weighted by molar-refractivity contribution is -0.125. The van der Waals surface area contributed by atoms with E-state index in [0.717, 1.165) is 5.56 Å². The summed E-state index contributed by atoms with van der Waals surface area (Å²) in [6.45, 7) is 4.41. The average Bonchev–Trinajstić information content (AvgIpc) is 2.25. The van der Waals surface area contributed by atoms with Gasteiger partial charge in [0.1, 0.15) is 6.61 Å². The first kappa shape index (κ1) is 10.7. The van der Waals surface area contributed by atoms with Gasteiger partial charge in [0.15, 0.2) is 0 Å². The van der Waals surface area contributed by atoms with Crippen LogP contribution in [0.25, 0.3) is 0 Å². The van der Waals surface area contributed by atoms with E-state index >= 15 is 0 Å². The molecule has 0 spiro atoms. The molecule has 0 unspecified atom stereocenters. The summed E-state index contributed by atoms with van der Waals surface area (Å²) in [5.41, 5.74) is 1.08. The molecule has 1 N–H and O–H groups in total. The molecule has 0 aliphatic rings. The summed E-state index contributed by atoms with van der Waals surface area (Å²) >= 11 is 0. The predicted molar refractivity (Wildman–Crippen MR) is 54.5 cm³/mol. The van der Waals surface area contributed by atoms with Crippen LogP contribution in [-0.4, -0.2) is 19.1 Å². The van der Waals surface area contributed by atoms with Gasteiger partial charge in [-0.3, -0.25) is 4.79 Å². The Bertz CT molecular complexity index is 272. The Labute approximate surface area is 84.1 Å². The van der Waals surface area contributed by atoms with Crippen LogP contribution in [0.2, 0.25) is 0 Å². The van der Waals surface area contributed by atoms with Crippen LogP contribution in [0.4, 0.5) is 0 Å². The Morgan fingerprint density at radius 2 is 2.07 bits per heavy atom. The van der Waals surface area contributed by atoms with Gasteiger partial charge in [0.25, 0.3) is 0 Å². The van der Waals surface area contributed by atoms with Gasteiger partial charge in [0.05, 0.1) is 0 Å². The van der Waals surface area contributed by atoms with Crippen molar-refractivity contribution in [3.05, 3.63) is 42.8 Å². The first-order chi connectivity index (χ1) is 6.83. The summed E-state index contributed by atoms with van der Waals surface area (Å²) in [7, 11) is 0. The van der Waals surface area contributed by atoms with Gasteiger partial charge in [-0.2, -0.15) is 0 Å². The maximum absolute atomic E-state index is 11.1. The third-order valence-electron chi connectivity index (χ3n) is 1.71. The lowest BCUT2D eigenvalue weighted by atomic mass is 10.2. The molecule has 0 aliphatic carbocycles. The molecule has 14 heavy (non-hydrogen) atoms. The minimum atomic E-state index is -0.113. The van der Waals surface area contributed by atoms with E-state index in [1.807, 2.05) is 30.3 Å². The highest BCUT2D eigenvalue weighted by Gasteiger charge is 1.99. The zero-order valence-electron chi connectivity index (χ0n) is 8.03. The van der Waals surface area contributed by atoms with E-state index in [1.165, 1.54) is 0 Å². The Morgan fingerprint density at radius 3 is 2.71 bits per heavy atom. The number of carbonyl (C=O) groups is 1. The summed E-state index contributed by atoms with van der Waals surface area (Å²) in [5, 5.41) is 2.74. The molecule has 0 saturated carbocycles. The summed E-state index contributed by atoms with van der Waals surface area (Å²) in [5.74, 6) is -0.113. The molecule has 0 heterocycles. The van der Waals surface area contributed by atoms with E-state index in [-0.39, 0.29) is 12.5 Å². The number of benzene rings is 1. The van der Waals surface area contributed by atoms with Crippen LogP contribution < -0.4 is 5.32 Å². The molecule has 1 aromatic carbocycles. The Balaban J connectivity index is 2.24. The summed E-state index contributed by atoms with van der Waals surface area (Å²) in [6.07, 6.45) is 0. The number of nitrogens with one attached hydrogen (secondary N) is 1. The maximum Gasteiger partial charge on any atom is 0.246 e. The molecule has 0 aromatic heterocycles. The van der Waals surface area contributed by atoms with Crippen molar-refractivity contribution in [1.82, 2.24) is 5.32 Å². The van der Waals surface area contributed by atoms with Crippen molar-refractivity contribution in [3.8, 4) is 0 Å². The summed E-state index contributed by atoms with van der Waals surface area (Å²) in [6, 6.07) is 9.74. The molecule has 1 rings (SSSR count). The van der Waals surface area contributed by atoms with Gasteiger partial charge >= 0.3 is 0 Å². The van der Waals surface area contributed by atoms with Gasteiger partial charge in [-0.25, -0.2) is 0 Å². The number of amides is 1. The first-order valence-corrected chi connectivity index (χ1v) is 4.50. The van der Waals surface area contributed by atoms with Crippen LogP contribution >= 0.6 is 0 Å². The van der Waals surface area contributed by atoms with Crippen molar-refractivity contribution in [1.29, 1.82) is 0 Å². The zero-order chi connectivity index (χ0) is 10.2. The fourth-order valence-corrected chi connectivity index (χ4v) is 1.01. The highest BCUT2D eigenvalue weighted by atomic mass is 16.5. The van der Waals surface area contributed by atoms with Gasteiger partial charge in [-0.05, 0) is 12.5 Å². The monoisotopic (exact) mass is 192 g/mol. The zero-order valence-corrected chi connectivity index (χ0v) is 8.03. The number of ether oxygens (including phenoxy) is 1. The summed E-state index contributed by atoms with van der Waals surface area (Å²) < 4.78 is 4.86. The number of carbonyl (C=O) groups excluding carboxylic acids is 1. The fraction of sp³-hybridized carbons (Fsp3) is 0.273. The van der Waals surface area contributed by atoms with Crippen molar-refractivity contribution < 1.29 is 9.53 Å². The number of rotatable bonds is 5. The van der Waals surface area contributed by atoms with E-state index in [1.54, 1.807) is 0 Å². The highest BCUT2D eigenvalue weighted by Crippen LogP contribution is 1.96. The second kappa shape index (κ2) is 6.16. The largest absolute Gasteiger partial charge is 0.372 e. The lowest BCUT2D eigenvalue weighted by Crippen LogP contribution is -2.27. The standard InChI is InChI=1S/C11H14NO2/c1-2-14-9-11(13)12-8-10-6-4-3-5-7-10/h3-7H,1-2,8-9H2,(H,12,13). The Hall–Kier alpha value is -1.35. The van der Waals surface area contributed by atoms with Crippen molar-refractivity contribution in [2.75, 3.05) is 13.2 Å². The topological polar surface area (TPSA) is 38.3 Å². The lowest BCUT2D eigenvalue weighted by Gasteiger charge is -2.04. The molecular formula is C11H14NO2.